The molecule has 0 bridgehead atoms. The molecule has 6 heteroatoms. The lowest BCUT2D eigenvalue weighted by molar-refractivity contribution is -0.137. The maximum atomic E-state index is 11.2. The largest absolute Gasteiger partial charge is 0.480 e. The molecule has 1 aliphatic carbocycles. The molecule has 0 aromatic carbocycles. The average Bonchev–Trinajstić information content (AvgIpc) is 2.97. The van der Waals surface area contributed by atoms with Gasteiger partial charge in [0.25, 0.3) is 0 Å². The van der Waals surface area contributed by atoms with Crippen LogP contribution in [0.5, 0.6) is 0 Å². The van der Waals surface area contributed by atoms with E-state index in [4.69, 9.17) is 10.8 Å². The number of carboxylic acids is 1. The van der Waals surface area contributed by atoms with Gasteiger partial charge in [0.2, 0.25) is 5.91 Å². The van der Waals surface area contributed by atoms with Crippen molar-refractivity contribution in [1.82, 2.24) is 5.32 Å². The summed E-state index contributed by atoms with van der Waals surface area (Å²) in [6.07, 6.45) is 2.41. The van der Waals surface area contributed by atoms with E-state index in [9.17, 15) is 9.59 Å². The van der Waals surface area contributed by atoms with Crippen molar-refractivity contribution in [2.75, 3.05) is 18.1 Å². The van der Waals surface area contributed by atoms with Crippen molar-refractivity contribution in [2.45, 2.75) is 18.9 Å². The fraction of sp³-hybridized carbons (Fsp3) is 0.778. The van der Waals surface area contributed by atoms with Gasteiger partial charge in [-0.15, -0.1) is 11.8 Å². The van der Waals surface area contributed by atoms with Crippen molar-refractivity contribution >= 4 is 23.6 Å². The van der Waals surface area contributed by atoms with Crippen LogP contribution in [0.15, 0.2) is 0 Å². The van der Waals surface area contributed by atoms with Crippen LogP contribution in [0.2, 0.25) is 0 Å². The van der Waals surface area contributed by atoms with Gasteiger partial charge in [0.05, 0.1) is 5.75 Å². The minimum atomic E-state index is -1.03. The molecule has 15 heavy (non-hydrogen) atoms. The van der Waals surface area contributed by atoms with E-state index < -0.39 is 12.0 Å². The van der Waals surface area contributed by atoms with Crippen LogP contribution in [0, 0.1) is 5.92 Å². The number of nitrogens with one attached hydrogen (secondary N) is 1. The van der Waals surface area contributed by atoms with Crippen LogP contribution in [-0.4, -0.2) is 41.1 Å². The van der Waals surface area contributed by atoms with Crippen molar-refractivity contribution in [1.29, 1.82) is 0 Å². The Kier molecular flexibility index (Phi) is 4.90. The number of carbonyl (C=O) groups is 2. The summed E-state index contributed by atoms with van der Waals surface area (Å²) in [6, 6.07) is -0.883. The van der Waals surface area contributed by atoms with Gasteiger partial charge in [0.15, 0.2) is 0 Å². The number of rotatable bonds is 7. The second-order valence-corrected chi connectivity index (χ2v) is 4.74. The molecule has 1 atom stereocenters. The second-order valence-electron chi connectivity index (χ2n) is 3.71. The van der Waals surface area contributed by atoms with Crippen LogP contribution in [0.25, 0.3) is 0 Å². The molecule has 0 spiro atoms. The molecule has 1 saturated carbocycles. The number of thioether (sulfide) groups is 1. The highest BCUT2D eigenvalue weighted by Crippen LogP contribution is 2.27. The van der Waals surface area contributed by atoms with E-state index in [1.54, 1.807) is 0 Å². The maximum absolute atomic E-state index is 11.2. The highest BCUT2D eigenvalue weighted by molar-refractivity contribution is 8.00. The average molecular weight is 232 g/mol. The summed E-state index contributed by atoms with van der Waals surface area (Å²) >= 11 is 1.25. The van der Waals surface area contributed by atoms with Gasteiger partial charge in [-0.05, 0) is 18.8 Å². The predicted octanol–water partition coefficient (Wildman–Crippen LogP) is -0.342. The molecule has 5 nitrogen and oxygen atoms in total. The summed E-state index contributed by atoms with van der Waals surface area (Å²) in [5, 5.41) is 11.3. The van der Waals surface area contributed by atoms with Crippen molar-refractivity contribution in [3.63, 3.8) is 0 Å². The quantitative estimate of drug-likeness (QED) is 0.558. The summed E-state index contributed by atoms with van der Waals surface area (Å²) < 4.78 is 0. The van der Waals surface area contributed by atoms with E-state index in [0.717, 1.165) is 6.54 Å². The third-order valence-electron chi connectivity index (χ3n) is 2.13. The first-order valence-corrected chi connectivity index (χ1v) is 6.08. The number of carbonyl (C=O) groups excluding carboxylic acids is 1. The third-order valence-corrected chi connectivity index (χ3v) is 3.19. The van der Waals surface area contributed by atoms with E-state index in [0.29, 0.717) is 5.92 Å². The first-order chi connectivity index (χ1) is 7.09. The molecule has 0 heterocycles. The predicted molar refractivity (Wildman–Crippen MR) is 58.7 cm³/mol. The summed E-state index contributed by atoms with van der Waals surface area (Å²) in [5.74, 6) is 0.158. The smallest absolute Gasteiger partial charge is 0.321 e. The van der Waals surface area contributed by atoms with Crippen molar-refractivity contribution in [2.24, 2.45) is 11.7 Å². The number of hydrogen-bond acceptors (Lipinski definition) is 4. The highest BCUT2D eigenvalue weighted by Gasteiger charge is 2.21. The van der Waals surface area contributed by atoms with E-state index >= 15 is 0 Å². The van der Waals surface area contributed by atoms with Crippen molar-refractivity contribution in [3.05, 3.63) is 0 Å². The molecule has 1 amide bonds. The van der Waals surface area contributed by atoms with Gasteiger partial charge in [-0.2, -0.15) is 0 Å². The van der Waals surface area contributed by atoms with Crippen LogP contribution >= 0.6 is 11.8 Å². The molecular weight excluding hydrogens is 216 g/mol. The summed E-state index contributed by atoms with van der Waals surface area (Å²) in [4.78, 5) is 21.6. The molecule has 0 aromatic heterocycles. The standard InChI is InChI=1S/C9H16N2O3S/c10-7(9(13)14)4-15-5-8(12)11-3-6-1-2-6/h6-7H,1-5,10H2,(H,11,12)(H,13,14)/t7-/m1/s1. The van der Waals surface area contributed by atoms with Gasteiger partial charge < -0.3 is 16.2 Å². The first-order valence-electron chi connectivity index (χ1n) is 4.92. The van der Waals surface area contributed by atoms with Crippen LogP contribution in [-0.2, 0) is 9.59 Å². The van der Waals surface area contributed by atoms with Gasteiger partial charge >= 0.3 is 5.97 Å². The maximum Gasteiger partial charge on any atom is 0.321 e. The molecule has 0 aromatic rings. The molecule has 1 fully saturated rings. The first kappa shape index (κ1) is 12.3. The summed E-state index contributed by atoms with van der Waals surface area (Å²) in [5.41, 5.74) is 5.28. The minimum Gasteiger partial charge on any atom is -0.480 e. The van der Waals surface area contributed by atoms with Crippen molar-refractivity contribution < 1.29 is 14.7 Å². The summed E-state index contributed by atoms with van der Waals surface area (Å²) in [6.45, 7) is 0.754. The number of hydrogen-bond donors (Lipinski definition) is 3. The minimum absolute atomic E-state index is 0.0375. The SMILES string of the molecule is N[C@H](CSCC(=O)NCC1CC1)C(=O)O. The molecule has 0 aliphatic heterocycles. The third kappa shape index (κ3) is 5.64. The molecule has 0 saturated heterocycles. The van der Waals surface area contributed by atoms with Crippen LogP contribution < -0.4 is 11.1 Å². The van der Waals surface area contributed by atoms with Crippen LogP contribution in [0.1, 0.15) is 12.8 Å². The lowest BCUT2D eigenvalue weighted by Gasteiger charge is -2.06. The van der Waals surface area contributed by atoms with Gasteiger partial charge in [-0.1, -0.05) is 0 Å². The van der Waals surface area contributed by atoms with E-state index in [1.807, 2.05) is 0 Å². The number of nitrogens with two attached hydrogens (primary N) is 1. The second kappa shape index (κ2) is 5.97. The molecule has 86 valence electrons. The number of amides is 1. The normalized spacial score (nSPS) is 17.1. The van der Waals surface area contributed by atoms with E-state index in [2.05, 4.69) is 5.32 Å². The topological polar surface area (TPSA) is 92.4 Å². The lowest BCUT2D eigenvalue weighted by Crippen LogP contribution is -2.33. The van der Waals surface area contributed by atoms with Crippen LogP contribution in [0.3, 0.4) is 0 Å². The highest BCUT2D eigenvalue weighted by atomic mass is 32.2. The van der Waals surface area contributed by atoms with Gasteiger partial charge in [0, 0.05) is 12.3 Å². The number of carboxylic acid groups (broad SMARTS) is 1. The Morgan fingerprint density at radius 3 is 2.73 bits per heavy atom. The molecule has 0 unspecified atom stereocenters. The monoisotopic (exact) mass is 232 g/mol. The van der Waals surface area contributed by atoms with Gasteiger partial charge in [-0.25, -0.2) is 0 Å². The Morgan fingerprint density at radius 2 is 2.20 bits per heavy atom. The fourth-order valence-electron chi connectivity index (χ4n) is 0.981. The Balaban J connectivity index is 1.98. The molecule has 4 N–H and O–H groups in total. The zero-order valence-corrected chi connectivity index (χ0v) is 9.26. The zero-order valence-electron chi connectivity index (χ0n) is 8.44. The molecule has 0 radical (unpaired) electrons. The van der Waals surface area contributed by atoms with E-state index in [-0.39, 0.29) is 17.4 Å². The molecular formula is C9H16N2O3S. The van der Waals surface area contributed by atoms with E-state index in [1.165, 1.54) is 24.6 Å². The Labute approximate surface area is 92.8 Å². The fourth-order valence-corrected chi connectivity index (χ4v) is 1.78. The molecule has 1 rings (SSSR count). The zero-order chi connectivity index (χ0) is 11.3. The Hall–Kier alpha value is -0.750. The Bertz CT molecular complexity index is 244. The lowest BCUT2D eigenvalue weighted by atomic mass is 10.4. The van der Waals surface area contributed by atoms with Gasteiger partial charge in [-0.3, -0.25) is 9.59 Å². The Morgan fingerprint density at radius 1 is 1.53 bits per heavy atom. The molecule has 1 aliphatic rings. The van der Waals surface area contributed by atoms with Gasteiger partial charge in [0.1, 0.15) is 6.04 Å². The van der Waals surface area contributed by atoms with Crippen LogP contribution in [0.4, 0.5) is 0 Å². The van der Waals surface area contributed by atoms with Crippen molar-refractivity contribution in [3.8, 4) is 0 Å². The summed E-state index contributed by atoms with van der Waals surface area (Å²) in [7, 11) is 0. The number of aliphatic carboxylic acids is 1.